The van der Waals surface area contributed by atoms with Crippen molar-refractivity contribution in [1.82, 2.24) is 5.32 Å². The quantitative estimate of drug-likeness (QED) is 0.787. The minimum atomic E-state index is 0.0406. The van der Waals surface area contributed by atoms with E-state index in [0.717, 1.165) is 43.1 Å². The number of hydrogen-bond donors (Lipinski definition) is 2. The first-order valence-corrected chi connectivity index (χ1v) is 10.3. The lowest BCUT2D eigenvalue weighted by atomic mass is 10.0. The number of thioether (sulfide) groups is 1. The van der Waals surface area contributed by atoms with Crippen LogP contribution in [-0.2, 0) is 6.54 Å². The molecular formula is C20H24ClN2OS+. The largest absolute Gasteiger partial charge is 0.349 e. The Bertz CT molecular complexity index is 695. The maximum Gasteiger partial charge on any atom is 0.251 e. The molecule has 2 aromatic carbocycles. The molecule has 25 heavy (non-hydrogen) atoms. The van der Waals surface area contributed by atoms with Crippen LogP contribution < -0.4 is 10.2 Å². The Balaban J connectivity index is 1.46. The summed E-state index contributed by atoms with van der Waals surface area (Å²) in [6.07, 6.45) is 4.09. The van der Waals surface area contributed by atoms with Gasteiger partial charge in [0, 0.05) is 39.9 Å². The van der Waals surface area contributed by atoms with Crippen molar-refractivity contribution in [3.05, 3.63) is 64.7 Å². The van der Waals surface area contributed by atoms with Crippen molar-refractivity contribution in [1.29, 1.82) is 0 Å². The molecule has 0 unspecified atom stereocenters. The number of rotatable bonds is 5. The molecule has 0 saturated carbocycles. The van der Waals surface area contributed by atoms with E-state index in [2.05, 4.69) is 17.4 Å². The highest BCUT2D eigenvalue weighted by Crippen LogP contribution is 2.15. The molecule has 1 aliphatic rings. The topological polar surface area (TPSA) is 33.5 Å². The van der Waals surface area contributed by atoms with Gasteiger partial charge in [0.25, 0.3) is 5.91 Å². The Morgan fingerprint density at radius 3 is 2.36 bits per heavy atom. The Kier molecular flexibility index (Phi) is 6.40. The number of carbonyl (C=O) groups is 1. The van der Waals surface area contributed by atoms with Crippen molar-refractivity contribution >= 4 is 29.3 Å². The smallest absolute Gasteiger partial charge is 0.251 e. The number of nitrogens with one attached hydrogen (secondary N) is 2. The predicted octanol–water partition coefficient (Wildman–Crippen LogP) is 3.04. The molecule has 5 heteroatoms. The van der Waals surface area contributed by atoms with Crippen molar-refractivity contribution in [3.8, 4) is 0 Å². The first-order chi connectivity index (χ1) is 12.1. The second-order valence-corrected chi connectivity index (χ2v) is 7.85. The molecule has 0 atom stereocenters. The second-order valence-electron chi connectivity index (χ2n) is 6.53. The van der Waals surface area contributed by atoms with Gasteiger partial charge in [0.15, 0.2) is 0 Å². The highest BCUT2D eigenvalue weighted by atomic mass is 35.5. The molecule has 1 aliphatic heterocycles. The lowest BCUT2D eigenvalue weighted by Gasteiger charge is -2.29. The first-order valence-electron chi connectivity index (χ1n) is 8.67. The van der Waals surface area contributed by atoms with Crippen LogP contribution in [0.4, 0.5) is 0 Å². The highest BCUT2D eigenvalue weighted by Gasteiger charge is 2.23. The van der Waals surface area contributed by atoms with E-state index < -0.39 is 0 Å². The Morgan fingerprint density at radius 2 is 1.76 bits per heavy atom. The fraction of sp³-hybridized carbons (Fsp3) is 0.350. The summed E-state index contributed by atoms with van der Waals surface area (Å²) in [4.78, 5) is 15.1. The molecule has 0 aromatic heterocycles. The Morgan fingerprint density at radius 1 is 1.12 bits per heavy atom. The lowest BCUT2D eigenvalue weighted by molar-refractivity contribution is -0.918. The van der Waals surface area contributed by atoms with Crippen LogP contribution in [0.15, 0.2) is 53.4 Å². The van der Waals surface area contributed by atoms with Crippen LogP contribution in [0.5, 0.6) is 0 Å². The number of likely N-dealkylation sites (tertiary alicyclic amines) is 1. The summed E-state index contributed by atoms with van der Waals surface area (Å²) in [7, 11) is 0. The maximum atomic E-state index is 12.4. The van der Waals surface area contributed by atoms with E-state index in [0.29, 0.717) is 0 Å². The van der Waals surface area contributed by atoms with E-state index in [9.17, 15) is 4.79 Å². The fourth-order valence-corrected chi connectivity index (χ4v) is 3.78. The number of benzene rings is 2. The van der Waals surface area contributed by atoms with Crippen LogP contribution in [0.25, 0.3) is 0 Å². The average molecular weight is 376 g/mol. The zero-order chi connectivity index (χ0) is 17.6. The maximum absolute atomic E-state index is 12.4. The van der Waals surface area contributed by atoms with Crippen molar-refractivity contribution in [3.63, 3.8) is 0 Å². The van der Waals surface area contributed by atoms with Gasteiger partial charge in [0.1, 0.15) is 6.54 Å². The summed E-state index contributed by atoms with van der Waals surface area (Å²) >= 11 is 7.63. The fourth-order valence-electron chi connectivity index (χ4n) is 3.25. The average Bonchev–Trinajstić information content (AvgIpc) is 2.65. The molecule has 1 heterocycles. The van der Waals surface area contributed by atoms with E-state index in [1.54, 1.807) is 16.7 Å². The number of hydrogen-bond acceptors (Lipinski definition) is 2. The minimum Gasteiger partial charge on any atom is -0.349 e. The standard InChI is InChI=1S/C20H23ClN2OS/c1-25-19-8-4-16(5-9-19)20(24)22-18-10-12-23(13-11-18)14-15-2-6-17(21)7-3-15/h2-9,18H,10-14H2,1H3,(H,22,24)/p+1. The van der Waals surface area contributed by atoms with Gasteiger partial charge in [0.2, 0.25) is 0 Å². The summed E-state index contributed by atoms with van der Waals surface area (Å²) < 4.78 is 0. The third-order valence-corrected chi connectivity index (χ3v) is 5.74. The number of carbonyl (C=O) groups excluding carboxylic acids is 1. The summed E-state index contributed by atoms with van der Waals surface area (Å²) in [5.41, 5.74) is 2.06. The van der Waals surface area contributed by atoms with Crippen LogP contribution in [0.2, 0.25) is 5.02 Å². The van der Waals surface area contributed by atoms with Gasteiger partial charge in [-0.1, -0.05) is 23.7 Å². The molecule has 2 aromatic rings. The van der Waals surface area contributed by atoms with Gasteiger partial charge in [0.05, 0.1) is 13.1 Å². The van der Waals surface area contributed by atoms with Gasteiger partial charge in [-0.3, -0.25) is 4.79 Å². The van der Waals surface area contributed by atoms with Gasteiger partial charge in [-0.25, -0.2) is 0 Å². The van der Waals surface area contributed by atoms with E-state index in [1.165, 1.54) is 10.5 Å². The van der Waals surface area contributed by atoms with E-state index in [1.807, 2.05) is 42.7 Å². The minimum absolute atomic E-state index is 0.0406. The summed E-state index contributed by atoms with van der Waals surface area (Å²) in [5.74, 6) is 0.0406. The molecule has 0 radical (unpaired) electrons. The van der Waals surface area contributed by atoms with Crippen molar-refractivity contribution in [2.24, 2.45) is 0 Å². The molecule has 0 bridgehead atoms. The molecule has 1 amide bonds. The van der Waals surface area contributed by atoms with Gasteiger partial charge >= 0.3 is 0 Å². The van der Waals surface area contributed by atoms with Crippen LogP contribution in [0.3, 0.4) is 0 Å². The van der Waals surface area contributed by atoms with Crippen molar-refractivity contribution in [2.75, 3.05) is 19.3 Å². The number of quaternary nitrogens is 1. The van der Waals surface area contributed by atoms with E-state index >= 15 is 0 Å². The van der Waals surface area contributed by atoms with Gasteiger partial charge in [-0.15, -0.1) is 11.8 Å². The van der Waals surface area contributed by atoms with Crippen molar-refractivity contribution in [2.45, 2.75) is 30.3 Å². The molecular weight excluding hydrogens is 352 g/mol. The molecule has 3 rings (SSSR count). The molecule has 3 nitrogen and oxygen atoms in total. The molecule has 0 aliphatic carbocycles. The zero-order valence-electron chi connectivity index (χ0n) is 14.4. The lowest BCUT2D eigenvalue weighted by Crippen LogP contribution is -3.12. The summed E-state index contributed by atoms with van der Waals surface area (Å²) in [6, 6.07) is 16.2. The van der Waals surface area contributed by atoms with Crippen LogP contribution in [0, 0.1) is 0 Å². The Labute approximate surface area is 158 Å². The van der Waals surface area contributed by atoms with E-state index in [-0.39, 0.29) is 11.9 Å². The zero-order valence-corrected chi connectivity index (χ0v) is 16.0. The second kappa shape index (κ2) is 8.75. The predicted molar refractivity (Wildman–Crippen MR) is 105 cm³/mol. The summed E-state index contributed by atoms with van der Waals surface area (Å²) in [6.45, 7) is 3.19. The number of piperidine rings is 1. The molecule has 2 N–H and O–H groups in total. The van der Waals surface area contributed by atoms with Gasteiger partial charge < -0.3 is 10.2 Å². The monoisotopic (exact) mass is 375 g/mol. The highest BCUT2D eigenvalue weighted by molar-refractivity contribution is 7.98. The summed E-state index contributed by atoms with van der Waals surface area (Å²) in [5, 5.41) is 3.97. The van der Waals surface area contributed by atoms with E-state index in [4.69, 9.17) is 11.6 Å². The SMILES string of the molecule is CSc1ccc(C(=O)NC2CC[NH+](Cc3ccc(Cl)cc3)CC2)cc1. The van der Waals surface area contributed by atoms with Gasteiger partial charge in [-0.05, 0) is 42.7 Å². The molecule has 0 spiro atoms. The molecule has 1 saturated heterocycles. The number of amides is 1. The Hall–Kier alpha value is -1.49. The van der Waals surface area contributed by atoms with Gasteiger partial charge in [-0.2, -0.15) is 0 Å². The van der Waals surface area contributed by atoms with Crippen LogP contribution >= 0.6 is 23.4 Å². The van der Waals surface area contributed by atoms with Crippen molar-refractivity contribution < 1.29 is 9.69 Å². The molecule has 132 valence electrons. The third-order valence-electron chi connectivity index (χ3n) is 4.75. The third kappa shape index (κ3) is 5.24. The van der Waals surface area contributed by atoms with Crippen LogP contribution in [-0.4, -0.2) is 31.3 Å². The first kappa shape index (κ1) is 18.3. The normalized spacial score (nSPS) is 20.2. The number of halogens is 1. The molecule has 1 fully saturated rings. The van der Waals surface area contributed by atoms with Crippen LogP contribution in [0.1, 0.15) is 28.8 Å².